The highest BCUT2D eigenvalue weighted by molar-refractivity contribution is 5.62. The molecular formula is C16H18N4O5. The van der Waals surface area contributed by atoms with E-state index in [0.29, 0.717) is 16.1 Å². The van der Waals surface area contributed by atoms with Crippen LogP contribution < -0.4 is 9.47 Å². The van der Waals surface area contributed by atoms with Gasteiger partial charge in [0.1, 0.15) is 11.2 Å². The second-order valence-electron chi connectivity index (χ2n) is 6.78. The second kappa shape index (κ2) is 5.35. The number of ether oxygens (including phenoxy) is 2. The predicted octanol–water partition coefficient (Wildman–Crippen LogP) is 2.19. The van der Waals surface area contributed by atoms with Gasteiger partial charge in [-0.15, -0.1) is 0 Å². The molecule has 0 amide bonds. The van der Waals surface area contributed by atoms with Gasteiger partial charge in [-0.05, 0) is 44.9 Å². The zero-order valence-electron chi connectivity index (χ0n) is 14.6. The largest absolute Gasteiger partial charge is 0.710 e. The second-order valence-corrected chi connectivity index (χ2v) is 6.78. The molecule has 9 heteroatoms. The van der Waals surface area contributed by atoms with E-state index in [2.05, 4.69) is 10.2 Å². The maximum atomic E-state index is 12.9. The number of hydrogen-bond acceptors (Lipinski definition) is 7. The van der Waals surface area contributed by atoms with E-state index >= 15 is 0 Å². The third-order valence-corrected chi connectivity index (χ3v) is 4.15. The monoisotopic (exact) mass is 346 g/mol. The Morgan fingerprint density at radius 3 is 2.48 bits per heavy atom. The minimum Gasteiger partial charge on any atom is -0.710 e. The van der Waals surface area contributed by atoms with Crippen LogP contribution in [-0.4, -0.2) is 22.2 Å². The van der Waals surface area contributed by atoms with Crippen molar-refractivity contribution < 1.29 is 19.1 Å². The van der Waals surface area contributed by atoms with Crippen molar-refractivity contribution in [2.45, 2.75) is 38.9 Å². The third-order valence-electron chi connectivity index (χ3n) is 4.15. The highest BCUT2D eigenvalue weighted by Gasteiger charge is 2.50. The van der Waals surface area contributed by atoms with Gasteiger partial charge in [-0.2, -0.15) is 0 Å². The van der Waals surface area contributed by atoms with Crippen LogP contribution in [0.3, 0.4) is 0 Å². The summed E-state index contributed by atoms with van der Waals surface area (Å²) in [5, 5.41) is 32.3. The molecule has 0 fully saturated rings. The Balaban J connectivity index is 2.22. The molecule has 0 radical (unpaired) electrons. The number of benzene rings is 1. The quantitative estimate of drug-likeness (QED) is 0.362. The van der Waals surface area contributed by atoms with Gasteiger partial charge in [0, 0.05) is 6.07 Å². The topological polar surface area (TPSA) is 114 Å². The summed E-state index contributed by atoms with van der Waals surface area (Å²) >= 11 is 0. The van der Waals surface area contributed by atoms with Crippen LogP contribution in [0, 0.1) is 15.3 Å². The standard InChI is InChI=1S/C16H18N4O5/c1-15(2)12-13(16(3,4)25-15)19(21)14(18-17-12)9-6-7-11(24-5)10(8-9)20(22)23/h6-8H,1-5H3. The Bertz CT molecular complexity index is 879. The van der Waals surface area contributed by atoms with Gasteiger partial charge in [-0.3, -0.25) is 10.1 Å². The number of methoxy groups -OCH3 is 1. The molecule has 9 nitrogen and oxygen atoms in total. The highest BCUT2D eigenvalue weighted by Crippen LogP contribution is 2.44. The number of hydrogen-bond donors (Lipinski definition) is 0. The summed E-state index contributed by atoms with van der Waals surface area (Å²) in [6.07, 6.45) is 0. The molecule has 1 aliphatic rings. The van der Waals surface area contributed by atoms with Crippen molar-refractivity contribution in [3.63, 3.8) is 0 Å². The van der Waals surface area contributed by atoms with E-state index in [4.69, 9.17) is 9.47 Å². The number of nitro groups is 1. The van der Waals surface area contributed by atoms with Crippen LogP contribution >= 0.6 is 0 Å². The van der Waals surface area contributed by atoms with E-state index in [1.807, 2.05) is 13.8 Å². The van der Waals surface area contributed by atoms with Gasteiger partial charge in [-0.1, -0.05) is 0 Å². The number of rotatable bonds is 3. The smallest absolute Gasteiger partial charge is 0.361 e. The van der Waals surface area contributed by atoms with Gasteiger partial charge in [0.15, 0.2) is 17.1 Å². The number of nitrogens with zero attached hydrogens (tertiary/aromatic N) is 4. The average Bonchev–Trinajstić information content (AvgIpc) is 2.72. The van der Waals surface area contributed by atoms with Crippen LogP contribution in [0.15, 0.2) is 18.2 Å². The first-order valence-corrected chi connectivity index (χ1v) is 7.62. The Morgan fingerprint density at radius 2 is 1.88 bits per heavy atom. The Labute approximate surface area is 144 Å². The van der Waals surface area contributed by atoms with Crippen molar-refractivity contribution in [2.75, 3.05) is 7.11 Å². The average molecular weight is 346 g/mol. The van der Waals surface area contributed by atoms with Crippen LogP contribution in [0.5, 0.6) is 5.75 Å². The molecule has 0 spiro atoms. The van der Waals surface area contributed by atoms with Crippen LogP contribution in [0.4, 0.5) is 5.69 Å². The third kappa shape index (κ3) is 2.56. The van der Waals surface area contributed by atoms with Crippen molar-refractivity contribution in [3.8, 4) is 17.1 Å². The molecule has 0 bridgehead atoms. The summed E-state index contributed by atoms with van der Waals surface area (Å²) < 4.78 is 11.5. The number of fused-ring (bicyclic) bond motifs is 1. The zero-order valence-corrected chi connectivity index (χ0v) is 14.6. The molecule has 0 unspecified atom stereocenters. The van der Waals surface area contributed by atoms with E-state index in [9.17, 15) is 15.3 Å². The van der Waals surface area contributed by atoms with Gasteiger partial charge in [-0.25, -0.2) is 4.73 Å². The molecule has 2 heterocycles. The fraction of sp³-hybridized carbons (Fsp3) is 0.438. The lowest BCUT2D eigenvalue weighted by Crippen LogP contribution is -2.42. The Hall–Kier alpha value is -2.81. The fourth-order valence-corrected chi connectivity index (χ4v) is 3.20. The van der Waals surface area contributed by atoms with E-state index in [-0.39, 0.29) is 22.8 Å². The van der Waals surface area contributed by atoms with Gasteiger partial charge >= 0.3 is 11.5 Å². The normalized spacial score (nSPS) is 17.2. The summed E-state index contributed by atoms with van der Waals surface area (Å²) in [6.45, 7) is 7.17. The SMILES string of the molecule is COc1ccc(-c2nnc3c([n+]2[O-])C(C)(C)OC3(C)C)cc1[N+](=O)[O-]. The molecular weight excluding hydrogens is 328 g/mol. The van der Waals surface area contributed by atoms with E-state index in [0.717, 1.165) is 0 Å². The highest BCUT2D eigenvalue weighted by atomic mass is 16.6. The van der Waals surface area contributed by atoms with Gasteiger partial charge in [0.25, 0.3) is 0 Å². The van der Waals surface area contributed by atoms with Crippen LogP contribution in [0.25, 0.3) is 11.4 Å². The molecule has 0 saturated heterocycles. The molecule has 1 aromatic heterocycles. The Morgan fingerprint density at radius 1 is 1.20 bits per heavy atom. The summed E-state index contributed by atoms with van der Waals surface area (Å²) in [6, 6.07) is 4.20. The zero-order chi connectivity index (χ0) is 18.6. The van der Waals surface area contributed by atoms with Crippen molar-refractivity contribution in [2.24, 2.45) is 0 Å². The lowest BCUT2D eigenvalue weighted by Gasteiger charge is -2.23. The minimum atomic E-state index is -0.857. The molecule has 0 saturated carbocycles. The first-order valence-electron chi connectivity index (χ1n) is 7.62. The van der Waals surface area contributed by atoms with Crippen LogP contribution in [-0.2, 0) is 15.9 Å². The molecule has 0 N–H and O–H groups in total. The lowest BCUT2D eigenvalue weighted by molar-refractivity contribution is -0.612. The van der Waals surface area contributed by atoms with Crippen LogP contribution in [0.2, 0.25) is 0 Å². The van der Waals surface area contributed by atoms with Gasteiger partial charge in [0.2, 0.25) is 0 Å². The first kappa shape index (κ1) is 17.0. The molecule has 1 aromatic carbocycles. The fourth-order valence-electron chi connectivity index (χ4n) is 3.20. The number of aromatic nitrogens is 3. The summed E-state index contributed by atoms with van der Waals surface area (Å²) in [4.78, 5) is 10.6. The van der Waals surface area contributed by atoms with Gasteiger partial charge in [0.05, 0.1) is 22.7 Å². The summed E-state index contributed by atoms with van der Waals surface area (Å²) in [7, 11) is 1.34. The molecule has 3 rings (SSSR count). The first-order chi connectivity index (χ1) is 11.6. The lowest BCUT2D eigenvalue weighted by atomic mass is 10.0. The summed E-state index contributed by atoms with van der Waals surface area (Å²) in [5.41, 5.74) is -0.775. The summed E-state index contributed by atoms with van der Waals surface area (Å²) in [5.74, 6) is 0.0731. The molecule has 2 aromatic rings. The maximum Gasteiger partial charge on any atom is 0.361 e. The van der Waals surface area contributed by atoms with E-state index < -0.39 is 16.1 Å². The van der Waals surface area contributed by atoms with Crippen molar-refractivity contribution >= 4 is 5.69 Å². The van der Waals surface area contributed by atoms with E-state index in [1.165, 1.54) is 25.3 Å². The molecule has 25 heavy (non-hydrogen) atoms. The van der Waals surface area contributed by atoms with Crippen molar-refractivity contribution in [1.82, 2.24) is 10.2 Å². The predicted molar refractivity (Wildman–Crippen MR) is 86.8 cm³/mol. The molecule has 132 valence electrons. The van der Waals surface area contributed by atoms with Crippen LogP contribution in [0.1, 0.15) is 39.1 Å². The van der Waals surface area contributed by atoms with Gasteiger partial charge < -0.3 is 14.7 Å². The van der Waals surface area contributed by atoms with Crippen molar-refractivity contribution in [3.05, 3.63) is 44.9 Å². The minimum absolute atomic E-state index is 0.0288. The molecule has 0 aliphatic carbocycles. The molecule has 1 aliphatic heterocycles. The molecule has 0 atom stereocenters. The van der Waals surface area contributed by atoms with E-state index in [1.54, 1.807) is 13.8 Å². The van der Waals surface area contributed by atoms with Crippen molar-refractivity contribution in [1.29, 1.82) is 0 Å². The Kier molecular flexibility index (Phi) is 3.64. The number of nitro benzene ring substituents is 1. The maximum absolute atomic E-state index is 12.9.